The maximum atomic E-state index is 11.0. The van der Waals surface area contributed by atoms with Crippen LogP contribution in [0.1, 0.15) is 5.56 Å². The molecule has 0 saturated heterocycles. The van der Waals surface area contributed by atoms with Gasteiger partial charge in [0, 0.05) is 17.3 Å². The summed E-state index contributed by atoms with van der Waals surface area (Å²) in [6, 6.07) is 9.01. The second kappa shape index (κ2) is 4.16. The van der Waals surface area contributed by atoms with Crippen LogP contribution < -0.4 is 16.8 Å². The van der Waals surface area contributed by atoms with E-state index in [9.17, 15) is 4.79 Å². The summed E-state index contributed by atoms with van der Waals surface area (Å²) in [5, 5.41) is 6.44. The smallest absolute Gasteiger partial charge is 0.264 e. The number of hydrazine groups is 1. The molecule has 0 spiro atoms. The quantitative estimate of drug-likeness (QED) is 0.517. The van der Waals surface area contributed by atoms with E-state index in [0.29, 0.717) is 0 Å². The van der Waals surface area contributed by atoms with E-state index in [-0.39, 0.29) is 5.56 Å². The lowest BCUT2D eigenvalue weighted by Crippen LogP contribution is -2.08. The molecule has 0 amide bonds. The van der Waals surface area contributed by atoms with Gasteiger partial charge in [-0.1, -0.05) is 12.1 Å². The highest BCUT2D eigenvalue weighted by atomic mass is 16.1. The van der Waals surface area contributed by atoms with Gasteiger partial charge >= 0.3 is 0 Å². The number of hydrogen-bond acceptors (Lipinski definition) is 4. The van der Waals surface area contributed by atoms with E-state index in [1.807, 2.05) is 31.2 Å². The number of aromatic amines is 1. The van der Waals surface area contributed by atoms with E-state index in [4.69, 9.17) is 5.84 Å². The molecule has 0 aliphatic carbocycles. The molecule has 1 heterocycles. The SMILES string of the molecule is Cc1cc(=O)[nH]nc1-c1ccc(NN)cc1. The van der Waals surface area contributed by atoms with Crippen LogP contribution in [0.2, 0.25) is 0 Å². The van der Waals surface area contributed by atoms with Gasteiger partial charge in [-0.3, -0.25) is 10.6 Å². The molecule has 5 nitrogen and oxygen atoms in total. The van der Waals surface area contributed by atoms with Crippen molar-refractivity contribution < 1.29 is 0 Å². The molecule has 5 heteroatoms. The lowest BCUT2D eigenvalue weighted by molar-refractivity contribution is 0.981. The van der Waals surface area contributed by atoms with Gasteiger partial charge in [-0.2, -0.15) is 5.10 Å². The van der Waals surface area contributed by atoms with E-state index in [2.05, 4.69) is 15.6 Å². The number of nitrogens with zero attached hydrogens (tertiary/aromatic N) is 1. The lowest BCUT2D eigenvalue weighted by Gasteiger charge is -2.05. The summed E-state index contributed by atoms with van der Waals surface area (Å²) < 4.78 is 0. The zero-order valence-electron chi connectivity index (χ0n) is 8.82. The minimum Gasteiger partial charge on any atom is -0.324 e. The number of nitrogen functional groups attached to an aromatic ring is 1. The number of nitrogens with two attached hydrogens (primary N) is 1. The minimum absolute atomic E-state index is 0.193. The third-order valence-corrected chi connectivity index (χ3v) is 2.32. The molecule has 0 aliphatic rings. The van der Waals surface area contributed by atoms with Crippen LogP contribution >= 0.6 is 0 Å². The molecule has 82 valence electrons. The Kier molecular flexibility index (Phi) is 2.70. The van der Waals surface area contributed by atoms with Gasteiger partial charge in [0.1, 0.15) is 0 Å². The Balaban J connectivity index is 2.46. The van der Waals surface area contributed by atoms with Crippen molar-refractivity contribution in [3.63, 3.8) is 0 Å². The Morgan fingerprint density at radius 3 is 2.56 bits per heavy atom. The third-order valence-electron chi connectivity index (χ3n) is 2.32. The number of rotatable bonds is 2. The zero-order valence-corrected chi connectivity index (χ0v) is 8.82. The van der Waals surface area contributed by atoms with Gasteiger partial charge in [0.25, 0.3) is 5.56 Å². The summed E-state index contributed by atoms with van der Waals surface area (Å²) >= 11 is 0. The van der Waals surface area contributed by atoms with Gasteiger partial charge in [0.2, 0.25) is 0 Å². The Hall–Kier alpha value is -2.14. The van der Waals surface area contributed by atoms with Crippen molar-refractivity contribution in [1.82, 2.24) is 10.2 Å². The average Bonchev–Trinajstić information content (AvgIpc) is 2.29. The minimum atomic E-state index is -0.193. The number of benzene rings is 1. The van der Waals surface area contributed by atoms with Crippen molar-refractivity contribution in [2.24, 2.45) is 5.84 Å². The molecule has 0 saturated carbocycles. The van der Waals surface area contributed by atoms with E-state index >= 15 is 0 Å². The average molecular weight is 216 g/mol. The van der Waals surface area contributed by atoms with Crippen molar-refractivity contribution in [3.05, 3.63) is 46.2 Å². The summed E-state index contributed by atoms with van der Waals surface area (Å²) in [4.78, 5) is 11.0. The third kappa shape index (κ3) is 1.94. The van der Waals surface area contributed by atoms with Gasteiger partial charge in [-0.05, 0) is 24.6 Å². The fourth-order valence-electron chi connectivity index (χ4n) is 1.51. The molecule has 2 rings (SSSR count). The van der Waals surface area contributed by atoms with Crippen LogP contribution in [-0.2, 0) is 0 Å². The second-order valence-corrected chi connectivity index (χ2v) is 3.49. The maximum absolute atomic E-state index is 11.0. The van der Waals surface area contributed by atoms with Gasteiger partial charge in [0.05, 0.1) is 5.69 Å². The fourth-order valence-corrected chi connectivity index (χ4v) is 1.51. The summed E-state index contributed by atoms with van der Waals surface area (Å²) in [5.74, 6) is 5.28. The van der Waals surface area contributed by atoms with E-state index in [1.165, 1.54) is 6.07 Å². The Bertz CT molecular complexity index is 545. The van der Waals surface area contributed by atoms with Crippen LogP contribution in [0, 0.1) is 6.92 Å². The molecule has 16 heavy (non-hydrogen) atoms. The highest BCUT2D eigenvalue weighted by Gasteiger charge is 2.03. The van der Waals surface area contributed by atoms with Crippen LogP contribution in [0.3, 0.4) is 0 Å². The summed E-state index contributed by atoms with van der Waals surface area (Å²) in [7, 11) is 0. The molecule has 0 atom stereocenters. The molecule has 4 N–H and O–H groups in total. The molecule has 1 aromatic carbocycles. The van der Waals surface area contributed by atoms with Crippen LogP contribution in [0.25, 0.3) is 11.3 Å². The lowest BCUT2D eigenvalue weighted by atomic mass is 10.1. The van der Waals surface area contributed by atoms with Crippen LogP contribution in [0.15, 0.2) is 35.1 Å². The zero-order chi connectivity index (χ0) is 11.5. The van der Waals surface area contributed by atoms with Crippen molar-refractivity contribution >= 4 is 5.69 Å². The summed E-state index contributed by atoms with van der Waals surface area (Å²) in [5.41, 5.74) is 5.73. The van der Waals surface area contributed by atoms with Crippen LogP contribution in [0.4, 0.5) is 5.69 Å². The molecule has 1 aromatic heterocycles. The van der Waals surface area contributed by atoms with Crippen molar-refractivity contribution in [2.75, 3.05) is 5.43 Å². The number of H-pyrrole nitrogens is 1. The number of anilines is 1. The van der Waals surface area contributed by atoms with Crippen LogP contribution in [0.5, 0.6) is 0 Å². The Labute approximate surface area is 92.3 Å². The first-order chi connectivity index (χ1) is 7.70. The molecule has 0 unspecified atom stereocenters. The molecule has 0 fully saturated rings. The first-order valence-electron chi connectivity index (χ1n) is 4.84. The molecule has 0 radical (unpaired) electrons. The Morgan fingerprint density at radius 1 is 1.31 bits per heavy atom. The standard InChI is InChI=1S/C11H12N4O/c1-7-6-10(16)14-15-11(7)8-2-4-9(13-12)5-3-8/h2-6,13H,12H2,1H3,(H,14,16). The normalized spacial score (nSPS) is 10.1. The van der Waals surface area contributed by atoms with E-state index < -0.39 is 0 Å². The van der Waals surface area contributed by atoms with Gasteiger partial charge in [-0.25, -0.2) is 5.10 Å². The topological polar surface area (TPSA) is 83.8 Å². The van der Waals surface area contributed by atoms with Gasteiger partial charge in [-0.15, -0.1) is 0 Å². The molecule has 0 aliphatic heterocycles. The molecular formula is C11H12N4O. The first-order valence-corrected chi connectivity index (χ1v) is 4.84. The maximum Gasteiger partial charge on any atom is 0.264 e. The Morgan fingerprint density at radius 2 is 2.00 bits per heavy atom. The van der Waals surface area contributed by atoms with Crippen LogP contribution in [-0.4, -0.2) is 10.2 Å². The predicted molar refractivity (Wildman–Crippen MR) is 62.8 cm³/mol. The number of aryl methyl sites for hydroxylation is 1. The first kappa shape index (κ1) is 10.4. The van der Waals surface area contributed by atoms with Crippen molar-refractivity contribution in [2.45, 2.75) is 6.92 Å². The monoisotopic (exact) mass is 216 g/mol. The molecule has 2 aromatic rings. The number of nitrogens with one attached hydrogen (secondary N) is 2. The largest absolute Gasteiger partial charge is 0.324 e. The highest BCUT2D eigenvalue weighted by molar-refractivity contribution is 5.64. The van der Waals surface area contributed by atoms with Crippen molar-refractivity contribution in [3.8, 4) is 11.3 Å². The highest BCUT2D eigenvalue weighted by Crippen LogP contribution is 2.20. The van der Waals surface area contributed by atoms with E-state index in [1.54, 1.807) is 0 Å². The van der Waals surface area contributed by atoms with Crippen molar-refractivity contribution in [1.29, 1.82) is 0 Å². The number of aromatic nitrogens is 2. The molecular weight excluding hydrogens is 204 g/mol. The second-order valence-electron chi connectivity index (χ2n) is 3.49. The predicted octanol–water partition coefficient (Wildman–Crippen LogP) is 1.03. The van der Waals surface area contributed by atoms with E-state index in [0.717, 1.165) is 22.5 Å². The summed E-state index contributed by atoms with van der Waals surface area (Å²) in [6.07, 6.45) is 0. The van der Waals surface area contributed by atoms with Gasteiger partial charge < -0.3 is 5.43 Å². The summed E-state index contributed by atoms with van der Waals surface area (Å²) in [6.45, 7) is 1.85. The molecule has 0 bridgehead atoms. The fraction of sp³-hybridized carbons (Fsp3) is 0.0909. The van der Waals surface area contributed by atoms with Gasteiger partial charge in [0.15, 0.2) is 0 Å². The number of hydrogen-bond donors (Lipinski definition) is 3.